The van der Waals surface area contributed by atoms with Gasteiger partial charge in [-0.25, -0.2) is 0 Å². The first-order valence-electron chi connectivity index (χ1n) is 10.8. The Morgan fingerprint density at radius 3 is 2.63 bits per heavy atom. The van der Waals surface area contributed by atoms with Gasteiger partial charge in [0.15, 0.2) is 10.6 Å². The molecule has 1 aliphatic carbocycles. The van der Waals surface area contributed by atoms with E-state index in [-0.39, 0.29) is 17.9 Å². The van der Waals surface area contributed by atoms with Gasteiger partial charge in [0.1, 0.15) is 6.04 Å². The number of carbonyl (C=O) groups is 2. The van der Waals surface area contributed by atoms with E-state index in [2.05, 4.69) is 15.5 Å². The van der Waals surface area contributed by atoms with Crippen molar-refractivity contribution in [1.82, 2.24) is 25.0 Å². The van der Waals surface area contributed by atoms with Crippen LogP contribution in [0.2, 0.25) is 0 Å². The summed E-state index contributed by atoms with van der Waals surface area (Å²) in [5.41, 5.74) is 0. The number of nitrogens with one attached hydrogen (secondary N) is 2. The third-order valence-electron chi connectivity index (χ3n) is 6.32. The molecule has 7 nitrogen and oxygen atoms in total. The van der Waals surface area contributed by atoms with Gasteiger partial charge >= 0.3 is 0 Å². The monoisotopic (exact) mass is 447 g/mol. The maximum absolute atomic E-state index is 12.9. The maximum atomic E-state index is 12.9. The number of thiophene rings is 1. The van der Waals surface area contributed by atoms with Gasteiger partial charge in [0.2, 0.25) is 11.8 Å². The van der Waals surface area contributed by atoms with Crippen LogP contribution < -0.4 is 5.32 Å². The second-order valence-electron chi connectivity index (χ2n) is 8.32. The van der Waals surface area contributed by atoms with E-state index in [1.165, 1.54) is 19.3 Å². The van der Waals surface area contributed by atoms with E-state index < -0.39 is 6.04 Å². The van der Waals surface area contributed by atoms with Gasteiger partial charge in [-0.2, -0.15) is 5.10 Å². The van der Waals surface area contributed by atoms with Gasteiger partial charge in [-0.05, 0) is 56.3 Å². The minimum absolute atomic E-state index is 0.0673. The molecule has 2 aromatic heterocycles. The van der Waals surface area contributed by atoms with Crippen LogP contribution in [-0.2, 0) is 9.59 Å². The number of aromatic nitrogens is 3. The zero-order chi connectivity index (χ0) is 21.1. The number of amides is 2. The number of carbonyl (C=O) groups excluding carboxylic acids is 2. The predicted octanol–water partition coefficient (Wildman–Crippen LogP) is 3.92. The van der Waals surface area contributed by atoms with E-state index in [9.17, 15) is 9.59 Å². The van der Waals surface area contributed by atoms with E-state index in [4.69, 9.17) is 12.2 Å². The lowest BCUT2D eigenvalue weighted by atomic mass is 9.87. The van der Waals surface area contributed by atoms with Gasteiger partial charge in [-0.3, -0.25) is 19.3 Å². The number of piperidine rings is 1. The SMILES string of the molecule is CC(C(=O)NC1CCN(C(=O)C2CCCCC2)CC1)n1c(-c2cccs2)n[nH]c1=S. The lowest BCUT2D eigenvalue weighted by molar-refractivity contribution is -0.137. The third kappa shape index (κ3) is 4.51. The Morgan fingerprint density at radius 2 is 1.97 bits per heavy atom. The van der Waals surface area contributed by atoms with Crippen LogP contribution in [0.3, 0.4) is 0 Å². The van der Waals surface area contributed by atoms with Crippen molar-refractivity contribution in [1.29, 1.82) is 0 Å². The molecule has 4 rings (SSSR count). The lowest BCUT2D eigenvalue weighted by Crippen LogP contribution is -2.49. The fraction of sp³-hybridized carbons (Fsp3) is 0.619. The van der Waals surface area contributed by atoms with Gasteiger partial charge < -0.3 is 10.2 Å². The van der Waals surface area contributed by atoms with E-state index in [1.54, 1.807) is 15.9 Å². The molecule has 1 aliphatic heterocycles. The van der Waals surface area contributed by atoms with E-state index in [1.807, 2.05) is 29.3 Å². The summed E-state index contributed by atoms with van der Waals surface area (Å²) in [5, 5.41) is 12.3. The Kier molecular flexibility index (Phi) is 6.67. The van der Waals surface area contributed by atoms with E-state index in [0.29, 0.717) is 16.5 Å². The zero-order valence-electron chi connectivity index (χ0n) is 17.3. The van der Waals surface area contributed by atoms with Crippen LogP contribution in [0, 0.1) is 10.7 Å². The highest BCUT2D eigenvalue weighted by Crippen LogP contribution is 2.28. The minimum atomic E-state index is -0.463. The summed E-state index contributed by atoms with van der Waals surface area (Å²) in [7, 11) is 0. The van der Waals surface area contributed by atoms with Gasteiger partial charge in [0.25, 0.3) is 0 Å². The predicted molar refractivity (Wildman–Crippen MR) is 120 cm³/mol. The highest BCUT2D eigenvalue weighted by molar-refractivity contribution is 7.71. The van der Waals surface area contributed by atoms with Gasteiger partial charge in [-0.1, -0.05) is 25.3 Å². The largest absolute Gasteiger partial charge is 0.351 e. The molecule has 2 aliphatic rings. The third-order valence-corrected chi connectivity index (χ3v) is 7.47. The maximum Gasteiger partial charge on any atom is 0.243 e. The molecule has 1 unspecified atom stereocenters. The first kappa shape index (κ1) is 21.2. The van der Waals surface area contributed by atoms with Crippen LogP contribution >= 0.6 is 23.6 Å². The molecule has 0 aromatic carbocycles. The molecule has 2 amide bonds. The van der Waals surface area contributed by atoms with Crippen LogP contribution in [-0.4, -0.2) is 50.6 Å². The molecule has 1 saturated carbocycles. The smallest absolute Gasteiger partial charge is 0.243 e. The normalized spacial score (nSPS) is 19.6. The molecular formula is C21H29N5O2S2. The number of hydrogen-bond donors (Lipinski definition) is 2. The molecule has 9 heteroatoms. The molecule has 1 saturated heterocycles. The van der Waals surface area contributed by atoms with Gasteiger partial charge in [0.05, 0.1) is 4.88 Å². The van der Waals surface area contributed by atoms with Crippen molar-refractivity contribution >= 4 is 35.4 Å². The summed E-state index contributed by atoms with van der Waals surface area (Å²) in [6, 6.07) is 3.54. The molecule has 30 heavy (non-hydrogen) atoms. The first-order chi connectivity index (χ1) is 14.5. The molecule has 0 radical (unpaired) electrons. The number of hydrogen-bond acceptors (Lipinski definition) is 5. The number of likely N-dealkylation sites (tertiary alicyclic amines) is 1. The first-order valence-corrected chi connectivity index (χ1v) is 12.1. The lowest BCUT2D eigenvalue weighted by Gasteiger charge is -2.35. The molecule has 2 N–H and O–H groups in total. The minimum Gasteiger partial charge on any atom is -0.351 e. The Balaban J connectivity index is 1.34. The number of aromatic amines is 1. The average Bonchev–Trinajstić information content (AvgIpc) is 3.43. The fourth-order valence-corrected chi connectivity index (χ4v) is 5.54. The van der Waals surface area contributed by atoms with Crippen molar-refractivity contribution in [3.8, 4) is 10.7 Å². The zero-order valence-corrected chi connectivity index (χ0v) is 18.9. The molecular weight excluding hydrogens is 418 g/mol. The average molecular weight is 448 g/mol. The van der Waals surface area contributed by atoms with Crippen LogP contribution in [0.15, 0.2) is 17.5 Å². The molecule has 0 bridgehead atoms. The Hall–Kier alpha value is -2.00. The van der Waals surface area contributed by atoms with Crippen molar-refractivity contribution in [2.24, 2.45) is 5.92 Å². The summed E-state index contributed by atoms with van der Waals surface area (Å²) in [4.78, 5) is 28.7. The van der Waals surface area contributed by atoms with Crippen LogP contribution in [0.25, 0.3) is 10.7 Å². The van der Waals surface area contributed by atoms with Crippen molar-refractivity contribution in [2.45, 2.75) is 64.0 Å². The standard InChI is InChI=1S/C21H29N5O2S2/c1-14(26-18(23-24-21(26)29)17-8-5-13-30-17)19(27)22-16-9-11-25(12-10-16)20(28)15-6-3-2-4-7-15/h5,8,13-16H,2-4,6-7,9-12H2,1H3,(H,22,27)(H,24,29). The molecule has 1 atom stereocenters. The molecule has 162 valence electrons. The summed E-state index contributed by atoms with van der Waals surface area (Å²) in [6.45, 7) is 3.29. The number of H-pyrrole nitrogens is 1. The van der Waals surface area contributed by atoms with Crippen LogP contribution in [0.4, 0.5) is 0 Å². The molecule has 0 spiro atoms. The second-order valence-corrected chi connectivity index (χ2v) is 9.65. The summed E-state index contributed by atoms with van der Waals surface area (Å²) >= 11 is 6.94. The summed E-state index contributed by atoms with van der Waals surface area (Å²) in [6.07, 6.45) is 7.26. The van der Waals surface area contributed by atoms with Crippen LogP contribution in [0.5, 0.6) is 0 Å². The van der Waals surface area contributed by atoms with Gasteiger partial charge in [-0.15, -0.1) is 11.3 Å². The van der Waals surface area contributed by atoms with Crippen LogP contribution in [0.1, 0.15) is 57.9 Å². The molecule has 2 aromatic rings. The topological polar surface area (TPSA) is 83.0 Å². The summed E-state index contributed by atoms with van der Waals surface area (Å²) < 4.78 is 2.21. The molecule has 2 fully saturated rings. The van der Waals surface area contributed by atoms with Crippen molar-refractivity contribution in [2.75, 3.05) is 13.1 Å². The van der Waals surface area contributed by atoms with Crippen molar-refractivity contribution < 1.29 is 9.59 Å². The number of nitrogens with zero attached hydrogens (tertiary/aromatic N) is 3. The molecule has 3 heterocycles. The van der Waals surface area contributed by atoms with Gasteiger partial charge in [0, 0.05) is 25.0 Å². The van der Waals surface area contributed by atoms with Crippen molar-refractivity contribution in [3.05, 3.63) is 22.3 Å². The van der Waals surface area contributed by atoms with E-state index >= 15 is 0 Å². The van der Waals surface area contributed by atoms with E-state index in [0.717, 1.165) is 43.6 Å². The highest BCUT2D eigenvalue weighted by Gasteiger charge is 2.30. The highest BCUT2D eigenvalue weighted by atomic mass is 32.1. The fourth-order valence-electron chi connectivity index (χ4n) is 4.53. The quantitative estimate of drug-likeness (QED) is 0.681. The Morgan fingerprint density at radius 1 is 1.23 bits per heavy atom. The van der Waals surface area contributed by atoms with Crippen molar-refractivity contribution in [3.63, 3.8) is 0 Å². The Labute approximate surface area is 185 Å². The second kappa shape index (κ2) is 9.43. The summed E-state index contributed by atoms with van der Waals surface area (Å²) in [5.74, 6) is 1.15. The number of rotatable bonds is 5. The Bertz CT molecular complexity index is 922.